The first-order valence-electron chi connectivity index (χ1n) is 9.51. The number of hydrogen-bond acceptors (Lipinski definition) is 5. The molecule has 2 aromatic carbocycles. The number of fused-ring (bicyclic) bond motifs is 1. The Morgan fingerprint density at radius 1 is 1.24 bits per heavy atom. The second-order valence-corrected chi connectivity index (χ2v) is 9.14. The van der Waals surface area contributed by atoms with E-state index in [9.17, 15) is 13.2 Å². The van der Waals surface area contributed by atoms with Crippen LogP contribution in [0.4, 0.5) is 5.69 Å². The predicted molar refractivity (Wildman–Crippen MR) is 112 cm³/mol. The van der Waals surface area contributed by atoms with E-state index in [1.165, 1.54) is 4.31 Å². The summed E-state index contributed by atoms with van der Waals surface area (Å²) in [5, 5.41) is 2.87. The topological polar surface area (TPSA) is 84.9 Å². The average molecular weight is 419 g/mol. The molecular formula is C21H26N2O5S. The lowest BCUT2D eigenvalue weighted by molar-refractivity contribution is -0.128. The summed E-state index contributed by atoms with van der Waals surface area (Å²) in [7, 11) is -3.47. The zero-order valence-corrected chi connectivity index (χ0v) is 17.6. The van der Waals surface area contributed by atoms with Gasteiger partial charge in [-0.15, -0.1) is 0 Å². The number of ether oxygens (including phenoxy) is 2. The number of hydrogen-bond donors (Lipinski definition) is 1. The molecule has 7 nitrogen and oxygen atoms in total. The molecule has 0 saturated carbocycles. The van der Waals surface area contributed by atoms with Gasteiger partial charge in [-0.25, -0.2) is 8.42 Å². The third kappa shape index (κ3) is 5.41. The number of nitrogens with one attached hydrogen (secondary N) is 1. The van der Waals surface area contributed by atoms with Crippen molar-refractivity contribution in [2.24, 2.45) is 0 Å². The maximum absolute atomic E-state index is 12.7. The van der Waals surface area contributed by atoms with E-state index < -0.39 is 16.1 Å². The van der Waals surface area contributed by atoms with Gasteiger partial charge in [-0.1, -0.05) is 24.3 Å². The van der Waals surface area contributed by atoms with Gasteiger partial charge in [0.15, 0.2) is 6.10 Å². The highest BCUT2D eigenvalue weighted by molar-refractivity contribution is 7.92. The Kier molecular flexibility index (Phi) is 6.32. The molecule has 8 heteroatoms. The lowest BCUT2D eigenvalue weighted by Crippen LogP contribution is -2.39. The van der Waals surface area contributed by atoms with Crippen LogP contribution >= 0.6 is 0 Å². The van der Waals surface area contributed by atoms with Crippen LogP contribution in [0.5, 0.6) is 11.5 Å². The van der Waals surface area contributed by atoms with E-state index in [0.717, 1.165) is 17.6 Å². The number of para-hydroxylation sites is 2. The number of anilines is 1. The van der Waals surface area contributed by atoms with E-state index in [2.05, 4.69) is 5.32 Å². The zero-order chi connectivity index (χ0) is 21.0. The van der Waals surface area contributed by atoms with Crippen molar-refractivity contribution in [1.82, 2.24) is 5.32 Å². The normalized spacial score (nSPS) is 16.6. The molecule has 0 aromatic heterocycles. The van der Waals surface area contributed by atoms with Gasteiger partial charge in [0.2, 0.25) is 10.0 Å². The van der Waals surface area contributed by atoms with E-state index >= 15 is 0 Å². The van der Waals surface area contributed by atoms with Crippen LogP contribution in [-0.4, -0.2) is 39.3 Å². The number of carbonyl (C=O) groups is 1. The maximum Gasteiger partial charge on any atom is 0.261 e. The van der Waals surface area contributed by atoms with E-state index in [4.69, 9.17) is 9.47 Å². The van der Waals surface area contributed by atoms with Gasteiger partial charge in [0.05, 0.1) is 18.0 Å². The molecule has 1 amide bonds. The van der Waals surface area contributed by atoms with Crippen molar-refractivity contribution in [3.8, 4) is 11.5 Å². The summed E-state index contributed by atoms with van der Waals surface area (Å²) in [6.07, 6.45) is 0.690. The zero-order valence-electron chi connectivity index (χ0n) is 16.8. The fourth-order valence-electron chi connectivity index (χ4n) is 3.16. The van der Waals surface area contributed by atoms with Gasteiger partial charge in [0.1, 0.15) is 11.5 Å². The number of amides is 1. The summed E-state index contributed by atoms with van der Waals surface area (Å²) in [5.41, 5.74) is 1.35. The Morgan fingerprint density at radius 3 is 2.72 bits per heavy atom. The molecule has 0 aliphatic carbocycles. The van der Waals surface area contributed by atoms with Gasteiger partial charge in [0, 0.05) is 19.5 Å². The van der Waals surface area contributed by atoms with Crippen molar-refractivity contribution >= 4 is 21.6 Å². The van der Waals surface area contributed by atoms with Crippen LogP contribution in [0.1, 0.15) is 25.8 Å². The molecule has 0 saturated heterocycles. The molecule has 1 aliphatic heterocycles. The summed E-state index contributed by atoms with van der Waals surface area (Å²) < 4.78 is 37.1. The maximum atomic E-state index is 12.7. The quantitative estimate of drug-likeness (QED) is 0.780. The van der Waals surface area contributed by atoms with Crippen molar-refractivity contribution < 1.29 is 22.7 Å². The Bertz CT molecular complexity index is 975. The summed E-state index contributed by atoms with van der Waals surface area (Å²) in [4.78, 5) is 12.7. The van der Waals surface area contributed by atoms with E-state index in [1.807, 2.05) is 38.1 Å². The first-order chi connectivity index (χ1) is 13.7. The largest absolute Gasteiger partial charge is 0.491 e. The average Bonchev–Trinajstić information content (AvgIpc) is 2.85. The monoisotopic (exact) mass is 418 g/mol. The standard InChI is InChI=1S/C21H26N2O5S/c1-15(2)27-17-8-6-7-16(13-17)14-22-21(24)20-11-12-23(29(3,25)26)18-9-4-5-10-19(18)28-20/h4-10,13,15,20H,11-12,14H2,1-3H3,(H,22,24). The van der Waals surface area contributed by atoms with Crippen LogP contribution in [0.15, 0.2) is 48.5 Å². The highest BCUT2D eigenvalue weighted by Crippen LogP contribution is 2.33. The molecule has 0 spiro atoms. The molecule has 1 aliphatic rings. The molecule has 1 heterocycles. The van der Waals surface area contributed by atoms with Crippen molar-refractivity contribution in [2.75, 3.05) is 17.1 Å². The van der Waals surface area contributed by atoms with Gasteiger partial charge < -0.3 is 14.8 Å². The Balaban J connectivity index is 1.69. The van der Waals surface area contributed by atoms with Crippen LogP contribution in [-0.2, 0) is 21.4 Å². The molecule has 2 aromatic rings. The molecule has 1 N–H and O–H groups in total. The molecule has 1 atom stereocenters. The minimum atomic E-state index is -3.47. The lowest BCUT2D eigenvalue weighted by atomic mass is 10.2. The Hall–Kier alpha value is -2.74. The summed E-state index contributed by atoms with van der Waals surface area (Å²) in [6.45, 7) is 4.40. The fourth-order valence-corrected chi connectivity index (χ4v) is 4.11. The number of benzene rings is 2. The van der Waals surface area contributed by atoms with Crippen molar-refractivity contribution in [3.63, 3.8) is 0 Å². The van der Waals surface area contributed by atoms with Gasteiger partial charge in [-0.2, -0.15) is 0 Å². The predicted octanol–water partition coefficient (Wildman–Crippen LogP) is 2.71. The Labute approximate surface area is 171 Å². The highest BCUT2D eigenvalue weighted by Gasteiger charge is 2.30. The van der Waals surface area contributed by atoms with Gasteiger partial charge in [-0.3, -0.25) is 9.10 Å². The van der Waals surface area contributed by atoms with Crippen molar-refractivity contribution in [1.29, 1.82) is 0 Å². The summed E-state index contributed by atoms with van der Waals surface area (Å²) in [6, 6.07) is 14.4. The molecule has 1 unspecified atom stereocenters. The smallest absolute Gasteiger partial charge is 0.261 e. The SMILES string of the molecule is CC(C)Oc1cccc(CNC(=O)C2CCN(S(C)(=O)=O)c3ccccc3O2)c1. The minimum Gasteiger partial charge on any atom is -0.491 e. The number of sulfonamides is 1. The molecule has 3 rings (SSSR count). The van der Waals surface area contributed by atoms with E-state index in [0.29, 0.717) is 18.0 Å². The second kappa shape index (κ2) is 8.73. The molecule has 0 bridgehead atoms. The van der Waals surface area contributed by atoms with Crippen LogP contribution < -0.4 is 19.1 Å². The number of nitrogens with zero attached hydrogens (tertiary/aromatic N) is 1. The minimum absolute atomic E-state index is 0.0667. The lowest BCUT2D eigenvalue weighted by Gasteiger charge is -2.20. The van der Waals surface area contributed by atoms with Crippen LogP contribution in [0.2, 0.25) is 0 Å². The highest BCUT2D eigenvalue weighted by atomic mass is 32.2. The van der Waals surface area contributed by atoms with Crippen molar-refractivity contribution in [3.05, 3.63) is 54.1 Å². The van der Waals surface area contributed by atoms with Crippen LogP contribution in [0, 0.1) is 0 Å². The third-order valence-electron chi connectivity index (χ3n) is 4.43. The van der Waals surface area contributed by atoms with E-state index in [-0.39, 0.29) is 25.0 Å². The molecular weight excluding hydrogens is 392 g/mol. The van der Waals surface area contributed by atoms with Gasteiger partial charge in [-0.05, 0) is 43.7 Å². The van der Waals surface area contributed by atoms with Gasteiger partial charge in [0.25, 0.3) is 5.91 Å². The van der Waals surface area contributed by atoms with Crippen LogP contribution in [0.3, 0.4) is 0 Å². The number of rotatable bonds is 6. The first kappa shape index (κ1) is 21.0. The third-order valence-corrected chi connectivity index (χ3v) is 5.61. The van der Waals surface area contributed by atoms with Crippen LogP contribution in [0.25, 0.3) is 0 Å². The summed E-state index contributed by atoms with van der Waals surface area (Å²) in [5.74, 6) is 0.837. The first-order valence-corrected chi connectivity index (χ1v) is 11.4. The van der Waals surface area contributed by atoms with E-state index in [1.54, 1.807) is 24.3 Å². The van der Waals surface area contributed by atoms with Gasteiger partial charge >= 0.3 is 0 Å². The molecule has 0 fully saturated rings. The van der Waals surface area contributed by atoms with Crippen molar-refractivity contribution in [2.45, 2.75) is 39.0 Å². The number of carbonyl (C=O) groups excluding carboxylic acids is 1. The Morgan fingerprint density at radius 2 is 2.00 bits per heavy atom. The summed E-state index contributed by atoms with van der Waals surface area (Å²) >= 11 is 0. The molecule has 29 heavy (non-hydrogen) atoms. The fraction of sp³-hybridized carbons (Fsp3) is 0.381. The molecule has 0 radical (unpaired) electrons. The second-order valence-electron chi connectivity index (χ2n) is 7.23. The molecule has 156 valence electrons.